The summed E-state index contributed by atoms with van der Waals surface area (Å²) < 4.78 is 1.16. The minimum Gasteiger partial charge on any atom is -0.369 e. The van der Waals surface area contributed by atoms with E-state index in [9.17, 15) is 0 Å². The Morgan fingerprint density at radius 2 is 2.14 bits per heavy atom. The van der Waals surface area contributed by atoms with Gasteiger partial charge >= 0.3 is 0 Å². The predicted molar refractivity (Wildman–Crippen MR) is 99.5 cm³/mol. The highest BCUT2D eigenvalue weighted by atomic mass is 79.9. The Bertz CT molecular complexity index is 470. The molecule has 1 aromatic carbocycles. The summed E-state index contributed by atoms with van der Waals surface area (Å²) >= 11 is 5.74. The lowest BCUT2D eigenvalue weighted by atomic mass is 10.1. The van der Waals surface area contributed by atoms with Gasteiger partial charge < -0.3 is 10.2 Å². The van der Waals surface area contributed by atoms with Gasteiger partial charge in [0.25, 0.3) is 0 Å². The Labute approximate surface area is 142 Å². The van der Waals surface area contributed by atoms with Gasteiger partial charge in [0.15, 0.2) is 0 Å². The second-order valence-corrected chi connectivity index (χ2v) is 9.05. The Morgan fingerprint density at radius 3 is 2.81 bits per heavy atom. The summed E-state index contributed by atoms with van der Waals surface area (Å²) in [4.78, 5) is 2.57. The van der Waals surface area contributed by atoms with Crippen LogP contribution in [-0.4, -0.2) is 29.6 Å². The maximum absolute atomic E-state index is 3.62. The molecule has 118 valence electrons. The summed E-state index contributed by atoms with van der Waals surface area (Å²) in [7, 11) is 0. The first-order valence-corrected chi connectivity index (χ1v) is 9.63. The fourth-order valence-electron chi connectivity index (χ4n) is 2.55. The third-order valence-electron chi connectivity index (χ3n) is 3.79. The van der Waals surface area contributed by atoms with Crippen LogP contribution >= 0.6 is 27.7 Å². The van der Waals surface area contributed by atoms with Gasteiger partial charge in [-0.25, -0.2) is 0 Å². The lowest BCUT2D eigenvalue weighted by Crippen LogP contribution is -2.39. The maximum Gasteiger partial charge on any atom is 0.0413 e. The average molecular weight is 371 g/mol. The fourth-order valence-corrected chi connectivity index (χ4v) is 4.14. The van der Waals surface area contributed by atoms with Crippen molar-refractivity contribution in [2.75, 3.05) is 23.7 Å². The van der Waals surface area contributed by atoms with Crippen molar-refractivity contribution in [1.82, 2.24) is 5.32 Å². The Hall–Kier alpha value is -0.190. The van der Waals surface area contributed by atoms with Crippen molar-refractivity contribution in [1.29, 1.82) is 0 Å². The molecule has 0 bridgehead atoms. The average Bonchev–Trinajstić information content (AvgIpc) is 2.44. The van der Waals surface area contributed by atoms with Gasteiger partial charge in [0.1, 0.15) is 0 Å². The minimum atomic E-state index is 0.142. The fraction of sp³-hybridized carbons (Fsp3) is 0.647. The monoisotopic (exact) mass is 370 g/mol. The zero-order valence-electron chi connectivity index (χ0n) is 13.6. The van der Waals surface area contributed by atoms with Crippen LogP contribution in [0.4, 0.5) is 5.69 Å². The molecular formula is C17H27BrN2S. The molecule has 0 aliphatic carbocycles. The topological polar surface area (TPSA) is 15.3 Å². The van der Waals surface area contributed by atoms with E-state index < -0.39 is 0 Å². The molecule has 1 unspecified atom stereocenters. The molecule has 0 spiro atoms. The van der Waals surface area contributed by atoms with Crippen molar-refractivity contribution >= 4 is 33.4 Å². The first-order valence-electron chi connectivity index (χ1n) is 7.79. The van der Waals surface area contributed by atoms with Gasteiger partial charge in [0.2, 0.25) is 0 Å². The van der Waals surface area contributed by atoms with Gasteiger partial charge in [0, 0.05) is 46.3 Å². The molecule has 1 aromatic rings. The van der Waals surface area contributed by atoms with E-state index in [2.05, 4.69) is 83.8 Å². The van der Waals surface area contributed by atoms with Gasteiger partial charge in [-0.2, -0.15) is 11.8 Å². The van der Waals surface area contributed by atoms with E-state index in [1.165, 1.54) is 30.0 Å². The molecule has 2 rings (SSSR count). The number of nitrogens with one attached hydrogen (secondary N) is 1. The highest BCUT2D eigenvalue weighted by Gasteiger charge is 2.21. The number of hydrogen-bond acceptors (Lipinski definition) is 3. The molecule has 1 aliphatic heterocycles. The van der Waals surface area contributed by atoms with Crippen molar-refractivity contribution in [3.8, 4) is 0 Å². The number of halogens is 1. The largest absolute Gasteiger partial charge is 0.369 e. The molecule has 0 amide bonds. The highest BCUT2D eigenvalue weighted by molar-refractivity contribution is 9.10. The van der Waals surface area contributed by atoms with Crippen LogP contribution in [0.15, 0.2) is 22.7 Å². The van der Waals surface area contributed by atoms with Crippen molar-refractivity contribution in [3.63, 3.8) is 0 Å². The molecule has 21 heavy (non-hydrogen) atoms. The molecule has 2 nitrogen and oxygen atoms in total. The van der Waals surface area contributed by atoms with Gasteiger partial charge in [-0.1, -0.05) is 22.9 Å². The van der Waals surface area contributed by atoms with Gasteiger partial charge in [-0.05, 0) is 51.0 Å². The minimum absolute atomic E-state index is 0.142. The summed E-state index contributed by atoms with van der Waals surface area (Å²) in [5, 5.41) is 4.39. The third kappa shape index (κ3) is 5.19. The molecule has 1 saturated heterocycles. The van der Waals surface area contributed by atoms with Crippen molar-refractivity contribution in [3.05, 3.63) is 28.2 Å². The van der Waals surface area contributed by atoms with Crippen LogP contribution in [0.2, 0.25) is 0 Å². The van der Waals surface area contributed by atoms with E-state index in [0.29, 0.717) is 0 Å². The maximum atomic E-state index is 3.62. The second-order valence-electron chi connectivity index (χ2n) is 6.72. The van der Waals surface area contributed by atoms with Crippen molar-refractivity contribution < 1.29 is 0 Å². The van der Waals surface area contributed by atoms with Crippen LogP contribution < -0.4 is 10.2 Å². The number of thioether (sulfide) groups is 1. The first kappa shape index (κ1) is 17.2. The number of benzene rings is 1. The van der Waals surface area contributed by atoms with E-state index >= 15 is 0 Å². The Morgan fingerprint density at radius 1 is 1.38 bits per heavy atom. The second kappa shape index (κ2) is 7.38. The van der Waals surface area contributed by atoms with Crippen LogP contribution in [0.5, 0.6) is 0 Å². The van der Waals surface area contributed by atoms with E-state index in [-0.39, 0.29) is 5.54 Å². The molecule has 0 radical (unpaired) electrons. The summed E-state index contributed by atoms with van der Waals surface area (Å²) in [6.07, 6.45) is 1.26. The van der Waals surface area contributed by atoms with E-state index in [1.54, 1.807) is 0 Å². The molecule has 1 aliphatic rings. The molecule has 0 aromatic heterocycles. The third-order valence-corrected chi connectivity index (χ3v) is 5.65. The van der Waals surface area contributed by atoms with Crippen LogP contribution in [-0.2, 0) is 6.54 Å². The van der Waals surface area contributed by atoms with Crippen LogP contribution in [0, 0.1) is 0 Å². The van der Waals surface area contributed by atoms with E-state index in [4.69, 9.17) is 0 Å². The zero-order chi connectivity index (χ0) is 15.5. The Balaban J connectivity index is 2.17. The van der Waals surface area contributed by atoms with E-state index in [0.717, 1.165) is 22.8 Å². The lowest BCUT2D eigenvalue weighted by molar-refractivity contribution is 0.424. The van der Waals surface area contributed by atoms with Crippen LogP contribution in [0.3, 0.4) is 0 Å². The molecule has 0 saturated carbocycles. The lowest BCUT2D eigenvalue weighted by Gasteiger charge is -2.35. The van der Waals surface area contributed by atoms with Crippen molar-refractivity contribution in [2.45, 2.75) is 51.4 Å². The highest BCUT2D eigenvalue weighted by Crippen LogP contribution is 2.30. The number of hydrogen-bond donors (Lipinski definition) is 1. The first-order chi connectivity index (χ1) is 9.89. The normalized spacial score (nSPS) is 19.9. The summed E-state index contributed by atoms with van der Waals surface area (Å²) in [6, 6.07) is 6.70. The zero-order valence-corrected chi connectivity index (χ0v) is 16.0. The van der Waals surface area contributed by atoms with Gasteiger partial charge in [-0.15, -0.1) is 0 Å². The van der Waals surface area contributed by atoms with E-state index in [1.807, 2.05) is 0 Å². The molecule has 1 fully saturated rings. The SMILES string of the molecule is CCC1CN(c2ccc(Br)cc2CNC(C)(C)C)CCS1. The molecular weight excluding hydrogens is 344 g/mol. The number of rotatable bonds is 4. The standard InChI is InChI=1S/C17H27BrN2S/c1-5-15-12-20(8-9-21-15)16-7-6-14(18)10-13(16)11-19-17(2,3)4/h6-7,10,15,19H,5,8-9,11-12H2,1-4H3. The Kier molecular flexibility index (Phi) is 6.04. The molecule has 1 N–H and O–H groups in total. The van der Waals surface area contributed by atoms with Crippen LogP contribution in [0.1, 0.15) is 39.7 Å². The molecule has 1 atom stereocenters. The van der Waals surface area contributed by atoms with Gasteiger partial charge in [0.05, 0.1) is 0 Å². The van der Waals surface area contributed by atoms with Crippen molar-refractivity contribution in [2.24, 2.45) is 0 Å². The van der Waals surface area contributed by atoms with Crippen LogP contribution in [0.25, 0.3) is 0 Å². The summed E-state index contributed by atoms with van der Waals surface area (Å²) in [6.45, 7) is 12.2. The predicted octanol–water partition coefficient (Wildman–Crippen LogP) is 4.67. The quantitative estimate of drug-likeness (QED) is 0.828. The smallest absolute Gasteiger partial charge is 0.0413 e. The van der Waals surface area contributed by atoms with Gasteiger partial charge in [-0.3, -0.25) is 0 Å². The number of nitrogens with zero attached hydrogens (tertiary/aromatic N) is 1. The molecule has 1 heterocycles. The number of anilines is 1. The summed E-state index contributed by atoms with van der Waals surface area (Å²) in [5.41, 5.74) is 2.93. The molecule has 4 heteroatoms. The summed E-state index contributed by atoms with van der Waals surface area (Å²) in [5.74, 6) is 1.24.